The van der Waals surface area contributed by atoms with Crippen molar-refractivity contribution in [2.45, 2.75) is 32.6 Å². The van der Waals surface area contributed by atoms with Crippen LogP contribution in [0, 0.1) is 24.7 Å². The molecule has 102 valence electrons. The highest BCUT2D eigenvalue weighted by Crippen LogP contribution is 2.47. The molecule has 2 N–H and O–H groups in total. The lowest BCUT2D eigenvalue weighted by atomic mass is 9.89. The minimum atomic E-state index is -0.149. The first kappa shape index (κ1) is 12.5. The lowest BCUT2D eigenvalue weighted by Gasteiger charge is -2.21. The third-order valence-electron chi connectivity index (χ3n) is 4.81. The molecule has 0 spiro atoms. The summed E-state index contributed by atoms with van der Waals surface area (Å²) in [6.07, 6.45) is 5.34. The number of nitrogens with one attached hydrogen (secondary N) is 1. The van der Waals surface area contributed by atoms with Crippen LogP contribution >= 0.6 is 0 Å². The first-order valence-corrected chi connectivity index (χ1v) is 7.21. The molecule has 3 unspecified atom stereocenters. The molecule has 3 rings (SSSR count). The van der Waals surface area contributed by atoms with Crippen LogP contribution in [0.25, 0.3) is 0 Å². The van der Waals surface area contributed by atoms with Gasteiger partial charge >= 0.3 is 0 Å². The van der Waals surface area contributed by atoms with Gasteiger partial charge < -0.3 is 10.4 Å². The van der Waals surface area contributed by atoms with Crippen molar-refractivity contribution in [1.82, 2.24) is 5.32 Å². The average molecular weight is 259 g/mol. The van der Waals surface area contributed by atoms with Gasteiger partial charge in [0.2, 0.25) is 0 Å². The van der Waals surface area contributed by atoms with Crippen LogP contribution in [0.1, 0.15) is 41.6 Å². The molecule has 0 aliphatic heterocycles. The van der Waals surface area contributed by atoms with E-state index in [1.165, 1.54) is 25.7 Å². The standard InChI is InChI=1S/C16H21NO2/c1-10-2-5-15(18)14(6-10)16(19)17-9-13-8-11-3-4-12(13)7-11/h2,5-6,11-13,18H,3-4,7-9H2,1H3,(H,17,19). The Morgan fingerprint density at radius 2 is 2.21 bits per heavy atom. The summed E-state index contributed by atoms with van der Waals surface area (Å²) in [5, 5.41) is 12.7. The summed E-state index contributed by atoms with van der Waals surface area (Å²) < 4.78 is 0. The van der Waals surface area contributed by atoms with Crippen LogP contribution in [0.3, 0.4) is 0 Å². The Balaban J connectivity index is 1.61. The van der Waals surface area contributed by atoms with E-state index in [1.807, 2.05) is 13.0 Å². The van der Waals surface area contributed by atoms with Crippen LogP contribution in [-0.2, 0) is 0 Å². The van der Waals surface area contributed by atoms with E-state index in [4.69, 9.17) is 0 Å². The number of fused-ring (bicyclic) bond motifs is 2. The van der Waals surface area contributed by atoms with Gasteiger partial charge in [-0.25, -0.2) is 0 Å². The van der Waals surface area contributed by atoms with Crippen molar-refractivity contribution in [3.8, 4) is 5.75 Å². The molecule has 2 aliphatic rings. The maximum atomic E-state index is 12.1. The number of phenolic OH excluding ortho intramolecular Hbond substituents is 1. The van der Waals surface area contributed by atoms with E-state index >= 15 is 0 Å². The fraction of sp³-hybridized carbons (Fsp3) is 0.562. The Bertz CT molecular complexity index is 498. The largest absolute Gasteiger partial charge is 0.507 e. The molecule has 1 aromatic rings. The Morgan fingerprint density at radius 1 is 1.37 bits per heavy atom. The summed E-state index contributed by atoms with van der Waals surface area (Å²) in [6.45, 7) is 2.68. The molecule has 1 aromatic carbocycles. The van der Waals surface area contributed by atoms with Crippen molar-refractivity contribution in [3.63, 3.8) is 0 Å². The summed E-state index contributed by atoms with van der Waals surface area (Å²) in [6, 6.07) is 5.13. The smallest absolute Gasteiger partial charge is 0.255 e. The van der Waals surface area contributed by atoms with E-state index < -0.39 is 0 Å². The SMILES string of the molecule is Cc1ccc(O)c(C(=O)NCC2CC3CCC2C3)c1. The second-order valence-corrected chi connectivity index (χ2v) is 6.17. The highest BCUT2D eigenvalue weighted by atomic mass is 16.3. The first-order chi connectivity index (χ1) is 9.13. The van der Waals surface area contributed by atoms with Gasteiger partial charge in [-0.05, 0) is 56.1 Å². The molecule has 0 aromatic heterocycles. The molecule has 19 heavy (non-hydrogen) atoms. The number of hydrogen-bond donors (Lipinski definition) is 2. The molecule has 0 radical (unpaired) electrons. The fourth-order valence-corrected chi connectivity index (χ4v) is 3.78. The Hall–Kier alpha value is -1.51. The number of aromatic hydroxyl groups is 1. The number of rotatable bonds is 3. The molecule has 0 heterocycles. The van der Waals surface area contributed by atoms with Crippen molar-refractivity contribution < 1.29 is 9.90 Å². The predicted octanol–water partition coefficient (Wildman–Crippen LogP) is 2.87. The van der Waals surface area contributed by atoms with E-state index in [9.17, 15) is 9.90 Å². The third-order valence-corrected chi connectivity index (χ3v) is 4.81. The zero-order chi connectivity index (χ0) is 13.4. The molecule has 2 fully saturated rings. The minimum Gasteiger partial charge on any atom is -0.507 e. The first-order valence-electron chi connectivity index (χ1n) is 7.21. The van der Waals surface area contributed by atoms with Gasteiger partial charge in [-0.1, -0.05) is 18.1 Å². The van der Waals surface area contributed by atoms with Crippen LogP contribution < -0.4 is 5.32 Å². The summed E-state index contributed by atoms with van der Waals surface area (Å²) in [7, 11) is 0. The van der Waals surface area contributed by atoms with Gasteiger partial charge in [-0.3, -0.25) is 4.79 Å². The summed E-state index contributed by atoms with van der Waals surface area (Å²) >= 11 is 0. The van der Waals surface area contributed by atoms with Crippen molar-refractivity contribution >= 4 is 5.91 Å². The third kappa shape index (κ3) is 2.46. The quantitative estimate of drug-likeness (QED) is 0.877. The van der Waals surface area contributed by atoms with Crippen molar-refractivity contribution in [2.24, 2.45) is 17.8 Å². The molecule has 2 bridgehead atoms. The van der Waals surface area contributed by atoms with Crippen molar-refractivity contribution in [2.75, 3.05) is 6.54 Å². The number of amides is 1. The Kier molecular flexibility index (Phi) is 3.21. The molecule has 3 atom stereocenters. The van der Waals surface area contributed by atoms with Gasteiger partial charge in [-0.15, -0.1) is 0 Å². The van der Waals surface area contributed by atoms with Crippen molar-refractivity contribution in [3.05, 3.63) is 29.3 Å². The van der Waals surface area contributed by atoms with E-state index in [1.54, 1.807) is 12.1 Å². The number of carbonyl (C=O) groups is 1. The highest BCUT2D eigenvalue weighted by Gasteiger charge is 2.39. The number of carbonyl (C=O) groups excluding carboxylic acids is 1. The minimum absolute atomic E-state index is 0.0658. The van der Waals surface area contributed by atoms with E-state index in [-0.39, 0.29) is 11.7 Å². The summed E-state index contributed by atoms with van der Waals surface area (Å²) in [5.74, 6) is 2.28. The average Bonchev–Trinajstić information content (AvgIpc) is 3.01. The van der Waals surface area contributed by atoms with E-state index in [0.717, 1.165) is 23.9 Å². The molecule has 3 heteroatoms. The molecule has 3 nitrogen and oxygen atoms in total. The Labute approximate surface area is 114 Å². The van der Waals surface area contributed by atoms with Gasteiger partial charge in [0.05, 0.1) is 5.56 Å². The zero-order valence-corrected chi connectivity index (χ0v) is 11.4. The fourth-order valence-electron chi connectivity index (χ4n) is 3.78. The second kappa shape index (κ2) is 4.87. The van der Waals surface area contributed by atoms with Gasteiger partial charge in [0.1, 0.15) is 5.75 Å². The van der Waals surface area contributed by atoms with Crippen LogP contribution in [-0.4, -0.2) is 17.6 Å². The van der Waals surface area contributed by atoms with Gasteiger partial charge in [0.15, 0.2) is 0 Å². The van der Waals surface area contributed by atoms with Crippen molar-refractivity contribution in [1.29, 1.82) is 0 Å². The number of hydrogen-bond acceptors (Lipinski definition) is 2. The Morgan fingerprint density at radius 3 is 2.89 bits per heavy atom. The van der Waals surface area contributed by atoms with Gasteiger partial charge in [-0.2, -0.15) is 0 Å². The topological polar surface area (TPSA) is 49.3 Å². The molecule has 2 aliphatic carbocycles. The van der Waals surface area contributed by atoms with Crippen LogP contribution in [0.2, 0.25) is 0 Å². The predicted molar refractivity (Wildman–Crippen MR) is 74.1 cm³/mol. The maximum Gasteiger partial charge on any atom is 0.255 e. The summed E-state index contributed by atoms with van der Waals surface area (Å²) in [4.78, 5) is 12.1. The molecular weight excluding hydrogens is 238 g/mol. The zero-order valence-electron chi connectivity index (χ0n) is 11.4. The lowest BCUT2D eigenvalue weighted by Crippen LogP contribution is -2.31. The number of benzene rings is 1. The van der Waals surface area contributed by atoms with Gasteiger partial charge in [0.25, 0.3) is 5.91 Å². The second-order valence-electron chi connectivity index (χ2n) is 6.17. The summed E-state index contributed by atoms with van der Waals surface area (Å²) in [5.41, 5.74) is 1.38. The molecule has 2 saturated carbocycles. The van der Waals surface area contributed by atoms with E-state index in [0.29, 0.717) is 11.5 Å². The van der Waals surface area contributed by atoms with Gasteiger partial charge in [0, 0.05) is 6.54 Å². The van der Waals surface area contributed by atoms with E-state index in [2.05, 4.69) is 5.32 Å². The lowest BCUT2D eigenvalue weighted by molar-refractivity contribution is 0.0939. The monoisotopic (exact) mass is 259 g/mol. The highest BCUT2D eigenvalue weighted by molar-refractivity contribution is 5.96. The molecular formula is C16H21NO2. The number of aryl methyl sites for hydroxylation is 1. The normalized spacial score (nSPS) is 28.6. The van der Waals surface area contributed by atoms with Crippen LogP contribution in [0.15, 0.2) is 18.2 Å². The molecule has 0 saturated heterocycles. The number of phenols is 1. The van der Waals surface area contributed by atoms with Crippen LogP contribution in [0.5, 0.6) is 5.75 Å². The molecule has 1 amide bonds. The van der Waals surface area contributed by atoms with Crippen LogP contribution in [0.4, 0.5) is 0 Å². The maximum absolute atomic E-state index is 12.1.